The molecular formula is C11H9BrClN3. The first-order valence-corrected chi connectivity index (χ1v) is 5.82. The third-order valence-corrected chi connectivity index (χ3v) is 2.61. The van der Waals surface area contributed by atoms with Crippen molar-refractivity contribution in [3.63, 3.8) is 0 Å². The zero-order chi connectivity index (χ0) is 11.5. The van der Waals surface area contributed by atoms with Crippen LogP contribution in [0.2, 0.25) is 5.15 Å². The second kappa shape index (κ2) is 4.80. The summed E-state index contributed by atoms with van der Waals surface area (Å²) in [4.78, 5) is 7.89. The summed E-state index contributed by atoms with van der Waals surface area (Å²) in [6.45, 7) is 2.03. The van der Waals surface area contributed by atoms with Gasteiger partial charge < -0.3 is 5.32 Å². The normalized spacial score (nSPS) is 10.2. The summed E-state index contributed by atoms with van der Waals surface area (Å²) < 4.78 is 1.02. The number of aryl methyl sites for hydroxylation is 1. The van der Waals surface area contributed by atoms with Crippen LogP contribution in [-0.2, 0) is 0 Å². The van der Waals surface area contributed by atoms with Gasteiger partial charge in [-0.15, -0.1) is 0 Å². The summed E-state index contributed by atoms with van der Waals surface area (Å²) in [6.07, 6.45) is 1.43. The van der Waals surface area contributed by atoms with E-state index < -0.39 is 0 Å². The van der Waals surface area contributed by atoms with Crippen LogP contribution in [0.25, 0.3) is 0 Å². The zero-order valence-electron chi connectivity index (χ0n) is 8.54. The van der Waals surface area contributed by atoms with Crippen molar-refractivity contribution in [1.82, 2.24) is 9.97 Å². The van der Waals surface area contributed by atoms with Gasteiger partial charge in [-0.25, -0.2) is 9.97 Å². The van der Waals surface area contributed by atoms with Crippen molar-refractivity contribution >= 4 is 39.0 Å². The van der Waals surface area contributed by atoms with Gasteiger partial charge in [0.1, 0.15) is 17.3 Å². The van der Waals surface area contributed by atoms with Crippen LogP contribution in [0.3, 0.4) is 0 Å². The van der Waals surface area contributed by atoms with Gasteiger partial charge in [0.25, 0.3) is 0 Å². The summed E-state index contributed by atoms with van der Waals surface area (Å²) in [5, 5.41) is 3.58. The Kier molecular flexibility index (Phi) is 3.41. The second-order valence-corrected chi connectivity index (χ2v) is 4.67. The Bertz CT molecular complexity index is 496. The van der Waals surface area contributed by atoms with Gasteiger partial charge in [0.05, 0.1) is 0 Å². The van der Waals surface area contributed by atoms with Crippen molar-refractivity contribution in [3.8, 4) is 0 Å². The van der Waals surface area contributed by atoms with Crippen LogP contribution in [0, 0.1) is 6.92 Å². The fourth-order valence-electron chi connectivity index (χ4n) is 1.36. The Morgan fingerprint density at radius 1 is 1.19 bits per heavy atom. The molecule has 0 atom stereocenters. The first-order valence-electron chi connectivity index (χ1n) is 4.65. The average Bonchev–Trinajstić information content (AvgIpc) is 2.15. The quantitative estimate of drug-likeness (QED) is 0.853. The lowest BCUT2D eigenvalue weighted by Crippen LogP contribution is -1.94. The number of anilines is 2. The minimum atomic E-state index is 0.421. The number of halogens is 2. The maximum atomic E-state index is 5.77. The van der Waals surface area contributed by atoms with Crippen molar-refractivity contribution in [3.05, 3.63) is 45.8 Å². The Labute approximate surface area is 107 Å². The highest BCUT2D eigenvalue weighted by Gasteiger charge is 1.99. The molecular weight excluding hydrogens is 289 g/mol. The predicted octanol–water partition coefficient (Wildman–Crippen LogP) is 3.94. The Morgan fingerprint density at radius 3 is 2.69 bits per heavy atom. The highest BCUT2D eigenvalue weighted by atomic mass is 79.9. The summed E-state index contributed by atoms with van der Waals surface area (Å²) in [5.41, 5.74) is 2.12. The maximum absolute atomic E-state index is 5.77. The fourth-order valence-corrected chi connectivity index (χ4v) is 2.11. The smallest absolute Gasteiger partial charge is 0.135 e. The molecule has 0 amide bonds. The van der Waals surface area contributed by atoms with Gasteiger partial charge in [-0.1, -0.05) is 27.5 Å². The van der Waals surface area contributed by atoms with E-state index in [1.165, 1.54) is 6.33 Å². The summed E-state index contributed by atoms with van der Waals surface area (Å²) >= 11 is 9.22. The molecule has 0 bridgehead atoms. The summed E-state index contributed by atoms with van der Waals surface area (Å²) in [6, 6.07) is 7.72. The number of nitrogens with zero attached hydrogens (tertiary/aromatic N) is 2. The van der Waals surface area contributed by atoms with Gasteiger partial charge in [-0.2, -0.15) is 0 Å². The van der Waals surface area contributed by atoms with E-state index in [9.17, 15) is 0 Å². The van der Waals surface area contributed by atoms with Crippen LogP contribution in [0.1, 0.15) is 5.56 Å². The lowest BCUT2D eigenvalue weighted by atomic mass is 10.2. The van der Waals surface area contributed by atoms with Gasteiger partial charge in [0, 0.05) is 16.2 Å². The van der Waals surface area contributed by atoms with E-state index in [1.54, 1.807) is 6.07 Å². The van der Waals surface area contributed by atoms with Gasteiger partial charge in [0.15, 0.2) is 0 Å². The first kappa shape index (κ1) is 11.4. The summed E-state index contributed by atoms with van der Waals surface area (Å²) in [7, 11) is 0. The van der Waals surface area contributed by atoms with Gasteiger partial charge in [-0.3, -0.25) is 0 Å². The molecule has 0 radical (unpaired) electrons. The van der Waals surface area contributed by atoms with Crippen molar-refractivity contribution in [2.45, 2.75) is 6.92 Å². The van der Waals surface area contributed by atoms with Gasteiger partial charge >= 0.3 is 0 Å². The molecule has 1 N–H and O–H groups in total. The van der Waals surface area contributed by atoms with E-state index in [0.717, 1.165) is 15.7 Å². The van der Waals surface area contributed by atoms with Crippen LogP contribution in [-0.4, -0.2) is 9.97 Å². The standard InChI is InChI=1S/C11H9BrClN3/c1-7-2-8(12)4-9(3-7)16-11-5-10(13)14-6-15-11/h2-6H,1H3,(H,14,15,16). The molecule has 82 valence electrons. The molecule has 2 rings (SSSR count). The SMILES string of the molecule is Cc1cc(Br)cc(Nc2cc(Cl)ncn2)c1. The highest BCUT2D eigenvalue weighted by molar-refractivity contribution is 9.10. The predicted molar refractivity (Wildman–Crippen MR) is 69.2 cm³/mol. The number of benzene rings is 1. The zero-order valence-corrected chi connectivity index (χ0v) is 10.9. The van der Waals surface area contributed by atoms with E-state index in [4.69, 9.17) is 11.6 Å². The molecule has 3 nitrogen and oxygen atoms in total. The van der Waals surface area contributed by atoms with E-state index >= 15 is 0 Å². The molecule has 0 spiro atoms. The minimum absolute atomic E-state index is 0.421. The molecule has 0 unspecified atom stereocenters. The van der Waals surface area contributed by atoms with Crippen LogP contribution < -0.4 is 5.32 Å². The molecule has 1 aromatic carbocycles. The van der Waals surface area contributed by atoms with Crippen molar-refractivity contribution in [1.29, 1.82) is 0 Å². The second-order valence-electron chi connectivity index (χ2n) is 3.37. The summed E-state index contributed by atoms with van der Waals surface area (Å²) in [5.74, 6) is 0.678. The number of hydrogen-bond donors (Lipinski definition) is 1. The third-order valence-electron chi connectivity index (χ3n) is 1.95. The molecule has 5 heteroatoms. The van der Waals surface area contributed by atoms with E-state index in [-0.39, 0.29) is 0 Å². The number of rotatable bonds is 2. The lowest BCUT2D eigenvalue weighted by molar-refractivity contribution is 1.17. The molecule has 2 aromatic rings. The monoisotopic (exact) mass is 297 g/mol. The maximum Gasteiger partial charge on any atom is 0.135 e. The number of nitrogens with one attached hydrogen (secondary N) is 1. The van der Waals surface area contributed by atoms with Crippen molar-refractivity contribution < 1.29 is 0 Å². The Hall–Kier alpha value is -1.13. The van der Waals surface area contributed by atoms with Crippen molar-refractivity contribution in [2.75, 3.05) is 5.32 Å². The molecule has 0 aliphatic carbocycles. The van der Waals surface area contributed by atoms with Crippen LogP contribution >= 0.6 is 27.5 Å². The van der Waals surface area contributed by atoms with Gasteiger partial charge in [0.2, 0.25) is 0 Å². The Morgan fingerprint density at radius 2 is 2.00 bits per heavy atom. The van der Waals surface area contributed by atoms with Gasteiger partial charge in [-0.05, 0) is 30.7 Å². The molecule has 0 fully saturated rings. The molecule has 0 saturated heterocycles. The number of aromatic nitrogens is 2. The molecule has 0 saturated carbocycles. The number of hydrogen-bond acceptors (Lipinski definition) is 3. The molecule has 0 aliphatic heterocycles. The van der Waals surface area contributed by atoms with Crippen LogP contribution in [0.15, 0.2) is 35.1 Å². The highest BCUT2D eigenvalue weighted by Crippen LogP contribution is 2.22. The van der Waals surface area contributed by atoms with E-state index in [0.29, 0.717) is 11.0 Å². The first-order chi connectivity index (χ1) is 7.63. The fraction of sp³-hybridized carbons (Fsp3) is 0.0909. The average molecular weight is 299 g/mol. The third kappa shape index (κ3) is 2.93. The van der Waals surface area contributed by atoms with Crippen LogP contribution in [0.5, 0.6) is 0 Å². The van der Waals surface area contributed by atoms with Crippen LogP contribution in [0.4, 0.5) is 11.5 Å². The molecule has 16 heavy (non-hydrogen) atoms. The Balaban J connectivity index is 2.27. The molecule has 1 aromatic heterocycles. The molecule has 0 aliphatic rings. The minimum Gasteiger partial charge on any atom is -0.340 e. The van der Waals surface area contributed by atoms with E-state index in [2.05, 4.69) is 31.2 Å². The molecule has 1 heterocycles. The lowest BCUT2D eigenvalue weighted by Gasteiger charge is -2.07. The topological polar surface area (TPSA) is 37.8 Å². The largest absolute Gasteiger partial charge is 0.340 e. The van der Waals surface area contributed by atoms with E-state index in [1.807, 2.05) is 25.1 Å². The van der Waals surface area contributed by atoms with Crippen molar-refractivity contribution in [2.24, 2.45) is 0 Å².